The average Bonchev–Trinajstić information content (AvgIpc) is 2.69. The molecule has 0 aliphatic rings. The molecule has 9 heteroatoms. The van der Waals surface area contributed by atoms with E-state index in [1.54, 1.807) is 39.0 Å². The third kappa shape index (κ3) is 4.88. The van der Waals surface area contributed by atoms with Crippen molar-refractivity contribution in [1.82, 2.24) is 10.4 Å². The van der Waals surface area contributed by atoms with E-state index >= 15 is 0 Å². The number of halogens is 1. The van der Waals surface area contributed by atoms with Crippen molar-refractivity contribution >= 4 is 29.1 Å². The molecule has 0 saturated heterocycles. The second-order valence-electron chi connectivity index (χ2n) is 7.51. The number of carbonyl (C=O) groups is 2. The van der Waals surface area contributed by atoms with E-state index < -0.39 is 28.0 Å². The predicted molar refractivity (Wildman–Crippen MR) is 114 cm³/mol. The maximum Gasteiger partial charge on any atom is 0.283 e. The molecule has 0 bridgehead atoms. The van der Waals surface area contributed by atoms with Crippen LogP contribution < -0.4 is 10.2 Å². The van der Waals surface area contributed by atoms with Crippen molar-refractivity contribution in [3.8, 4) is 5.75 Å². The third-order valence-electron chi connectivity index (χ3n) is 4.43. The number of ether oxygens (including phenoxy) is 1. The number of benzene rings is 2. The van der Waals surface area contributed by atoms with Gasteiger partial charge in [0.05, 0.1) is 17.6 Å². The molecule has 0 aliphatic carbocycles. The van der Waals surface area contributed by atoms with E-state index in [2.05, 4.69) is 5.43 Å². The van der Waals surface area contributed by atoms with Crippen LogP contribution in [0.2, 0.25) is 5.02 Å². The zero-order valence-electron chi connectivity index (χ0n) is 17.5. The monoisotopic (exact) mass is 433 g/mol. The molecule has 0 atom stereocenters. The second kappa shape index (κ2) is 9.13. The highest BCUT2D eigenvalue weighted by atomic mass is 35.5. The third-order valence-corrected chi connectivity index (χ3v) is 4.66. The molecule has 0 radical (unpaired) electrons. The quantitative estimate of drug-likeness (QED) is 0.556. The van der Waals surface area contributed by atoms with Crippen LogP contribution in [0.4, 0.5) is 5.69 Å². The molecular formula is C21H24ClN3O5. The minimum Gasteiger partial charge on any atom is -0.496 e. The van der Waals surface area contributed by atoms with Gasteiger partial charge < -0.3 is 4.74 Å². The molecule has 8 nitrogen and oxygen atoms in total. The van der Waals surface area contributed by atoms with Crippen LogP contribution in [0.5, 0.6) is 5.75 Å². The number of hydrogen-bond donors (Lipinski definition) is 1. The van der Waals surface area contributed by atoms with Crippen molar-refractivity contribution in [3.05, 3.63) is 68.2 Å². The summed E-state index contributed by atoms with van der Waals surface area (Å²) in [6.07, 6.45) is 0.541. The van der Waals surface area contributed by atoms with Gasteiger partial charge in [0.25, 0.3) is 17.5 Å². The normalized spacial score (nSPS) is 11.0. The SMILES string of the molecule is CCc1c(OC)cccc1C(=O)NN(C(=O)c1ccc(Cl)cc1[N+](=O)[O-])C(C)(C)C. The fourth-order valence-corrected chi connectivity index (χ4v) is 3.14. The first-order valence-corrected chi connectivity index (χ1v) is 9.64. The van der Waals surface area contributed by atoms with Crippen molar-refractivity contribution in [2.24, 2.45) is 0 Å². The molecule has 0 heterocycles. The van der Waals surface area contributed by atoms with Gasteiger partial charge in [0.15, 0.2) is 0 Å². The van der Waals surface area contributed by atoms with Crippen LogP contribution in [-0.4, -0.2) is 34.4 Å². The first kappa shape index (κ1) is 23.2. The summed E-state index contributed by atoms with van der Waals surface area (Å²) in [7, 11) is 1.51. The highest BCUT2D eigenvalue weighted by molar-refractivity contribution is 6.31. The molecular weight excluding hydrogens is 410 g/mol. The number of rotatable bonds is 5. The van der Waals surface area contributed by atoms with Gasteiger partial charge in [-0.2, -0.15) is 0 Å². The smallest absolute Gasteiger partial charge is 0.283 e. The summed E-state index contributed by atoms with van der Waals surface area (Å²) in [5.74, 6) is -0.682. The average molecular weight is 434 g/mol. The molecule has 2 aromatic carbocycles. The highest BCUT2D eigenvalue weighted by Gasteiger charge is 2.34. The Morgan fingerprint density at radius 3 is 2.40 bits per heavy atom. The van der Waals surface area contributed by atoms with Gasteiger partial charge in [-0.05, 0) is 51.5 Å². The molecule has 0 unspecified atom stereocenters. The minimum absolute atomic E-state index is 0.133. The highest BCUT2D eigenvalue weighted by Crippen LogP contribution is 2.27. The fraction of sp³-hybridized carbons (Fsp3) is 0.333. The summed E-state index contributed by atoms with van der Waals surface area (Å²) in [6, 6.07) is 8.83. The number of nitro groups is 1. The van der Waals surface area contributed by atoms with E-state index in [1.807, 2.05) is 6.92 Å². The maximum atomic E-state index is 13.2. The number of amides is 2. The molecule has 0 spiro atoms. The van der Waals surface area contributed by atoms with Gasteiger partial charge >= 0.3 is 0 Å². The van der Waals surface area contributed by atoms with Crippen LogP contribution in [-0.2, 0) is 6.42 Å². The lowest BCUT2D eigenvalue weighted by molar-refractivity contribution is -0.385. The largest absolute Gasteiger partial charge is 0.496 e. The summed E-state index contributed by atoms with van der Waals surface area (Å²) in [4.78, 5) is 37.0. The Balaban J connectivity index is 2.48. The van der Waals surface area contributed by atoms with Crippen LogP contribution in [0, 0.1) is 10.1 Å². The second-order valence-corrected chi connectivity index (χ2v) is 7.95. The Hall–Kier alpha value is -3.13. The van der Waals surface area contributed by atoms with Gasteiger partial charge in [0.1, 0.15) is 11.3 Å². The summed E-state index contributed by atoms with van der Waals surface area (Å²) in [6.45, 7) is 7.01. The Bertz CT molecular complexity index is 985. The van der Waals surface area contributed by atoms with Gasteiger partial charge in [0.2, 0.25) is 0 Å². The van der Waals surface area contributed by atoms with E-state index in [4.69, 9.17) is 16.3 Å². The lowest BCUT2D eigenvalue weighted by atomic mass is 10.0. The molecule has 0 fully saturated rings. The Morgan fingerprint density at radius 2 is 1.87 bits per heavy atom. The molecule has 2 amide bonds. The van der Waals surface area contributed by atoms with Crippen LogP contribution >= 0.6 is 11.6 Å². The molecule has 0 aromatic heterocycles. The maximum absolute atomic E-state index is 13.2. The minimum atomic E-state index is -0.870. The fourth-order valence-electron chi connectivity index (χ4n) is 2.98. The lowest BCUT2D eigenvalue weighted by Gasteiger charge is -2.35. The zero-order chi connectivity index (χ0) is 22.6. The molecule has 2 aromatic rings. The summed E-state index contributed by atoms with van der Waals surface area (Å²) < 4.78 is 5.32. The molecule has 30 heavy (non-hydrogen) atoms. The van der Waals surface area contributed by atoms with E-state index in [0.29, 0.717) is 23.3 Å². The first-order valence-electron chi connectivity index (χ1n) is 9.26. The predicted octanol–water partition coefficient (Wildman–Crippen LogP) is 4.40. The lowest BCUT2D eigenvalue weighted by Crippen LogP contribution is -2.56. The van der Waals surface area contributed by atoms with E-state index in [9.17, 15) is 19.7 Å². The Labute approximate surface area is 179 Å². The van der Waals surface area contributed by atoms with Gasteiger partial charge in [-0.15, -0.1) is 0 Å². The van der Waals surface area contributed by atoms with Crippen LogP contribution in [0.3, 0.4) is 0 Å². The van der Waals surface area contributed by atoms with Crippen molar-refractivity contribution in [2.45, 2.75) is 39.7 Å². The van der Waals surface area contributed by atoms with Crippen LogP contribution in [0.1, 0.15) is 54.0 Å². The van der Waals surface area contributed by atoms with Crippen LogP contribution in [0.15, 0.2) is 36.4 Å². The van der Waals surface area contributed by atoms with E-state index in [-0.39, 0.29) is 10.6 Å². The van der Waals surface area contributed by atoms with E-state index in [1.165, 1.54) is 19.2 Å². The van der Waals surface area contributed by atoms with Gasteiger partial charge in [0, 0.05) is 22.2 Å². The number of hydrogen-bond acceptors (Lipinski definition) is 5. The summed E-state index contributed by atoms with van der Waals surface area (Å²) >= 11 is 5.85. The molecule has 160 valence electrons. The number of hydrazine groups is 1. The van der Waals surface area contributed by atoms with Crippen molar-refractivity contribution in [2.75, 3.05) is 7.11 Å². The summed E-state index contributed by atoms with van der Waals surface area (Å²) in [5, 5.41) is 12.6. The van der Waals surface area contributed by atoms with Crippen molar-refractivity contribution in [1.29, 1.82) is 0 Å². The number of nitro benzene ring substituents is 1. The Kier molecular flexibility index (Phi) is 7.04. The molecule has 1 N–H and O–H groups in total. The number of carbonyl (C=O) groups excluding carboxylic acids is 2. The van der Waals surface area contributed by atoms with Gasteiger partial charge in [-0.1, -0.05) is 24.6 Å². The van der Waals surface area contributed by atoms with Crippen molar-refractivity contribution < 1.29 is 19.2 Å². The van der Waals surface area contributed by atoms with Gasteiger partial charge in [-0.3, -0.25) is 25.1 Å². The van der Waals surface area contributed by atoms with Crippen molar-refractivity contribution in [3.63, 3.8) is 0 Å². The molecule has 0 saturated carbocycles. The molecule has 0 aliphatic heterocycles. The van der Waals surface area contributed by atoms with Crippen LogP contribution in [0.25, 0.3) is 0 Å². The molecule has 2 rings (SSSR count). The van der Waals surface area contributed by atoms with E-state index in [0.717, 1.165) is 11.1 Å². The first-order chi connectivity index (χ1) is 14.0. The summed E-state index contributed by atoms with van der Waals surface area (Å²) in [5.41, 5.74) is 2.17. The Morgan fingerprint density at radius 1 is 1.20 bits per heavy atom. The van der Waals surface area contributed by atoms with Gasteiger partial charge in [-0.25, -0.2) is 5.01 Å². The number of methoxy groups -OCH3 is 1. The zero-order valence-corrected chi connectivity index (χ0v) is 18.2. The number of nitrogens with zero attached hydrogens (tertiary/aromatic N) is 2. The topological polar surface area (TPSA) is 102 Å². The number of nitrogens with one attached hydrogen (secondary N) is 1. The standard InChI is InChI=1S/C21H24ClN3O5/c1-6-14-15(8-7-9-18(14)30-5)19(26)23-24(21(2,3)4)20(27)16-11-10-13(22)12-17(16)25(28)29/h7-12H,6H2,1-5H3,(H,23,26).